The highest BCUT2D eigenvalue weighted by Crippen LogP contribution is 2.40. The number of aromatic nitrogens is 6. The lowest BCUT2D eigenvalue weighted by Gasteiger charge is -1.90. The molecule has 1 aliphatic rings. The van der Waals surface area contributed by atoms with Crippen molar-refractivity contribution in [3.63, 3.8) is 0 Å². The molecule has 0 atom stereocenters. The molecule has 6 nitrogen and oxygen atoms in total. The van der Waals surface area contributed by atoms with E-state index in [9.17, 15) is 0 Å². The minimum absolute atomic E-state index is 0.665. The molecule has 1 aliphatic carbocycles. The Bertz CT molecular complexity index is 912. The van der Waals surface area contributed by atoms with Crippen molar-refractivity contribution in [2.75, 3.05) is 0 Å². The van der Waals surface area contributed by atoms with Gasteiger partial charge in [0.1, 0.15) is 5.69 Å². The summed E-state index contributed by atoms with van der Waals surface area (Å²) in [6.45, 7) is 0. The lowest BCUT2D eigenvalue weighted by Crippen LogP contribution is -1.89. The minimum atomic E-state index is 0.665. The van der Waals surface area contributed by atoms with E-state index < -0.39 is 0 Å². The maximum Gasteiger partial charge on any atom is 0.235 e. The number of hydrogen-bond donors (Lipinski definition) is 1. The fourth-order valence-electron chi connectivity index (χ4n) is 2.34. The van der Waals surface area contributed by atoms with Crippen molar-refractivity contribution in [3.05, 3.63) is 28.6 Å². The second-order valence-corrected chi connectivity index (χ2v) is 6.86. The molecule has 104 valence electrons. The molecule has 21 heavy (non-hydrogen) atoms. The molecule has 0 amide bonds. The summed E-state index contributed by atoms with van der Waals surface area (Å²) >= 11 is 3.15. The number of fused-ring (bicyclic) bond motifs is 1. The highest BCUT2D eigenvalue weighted by molar-refractivity contribution is 7.19. The first-order valence-electron chi connectivity index (χ1n) is 6.69. The molecule has 0 saturated heterocycles. The van der Waals surface area contributed by atoms with E-state index in [1.165, 1.54) is 29.9 Å². The van der Waals surface area contributed by atoms with Gasteiger partial charge in [0.25, 0.3) is 0 Å². The van der Waals surface area contributed by atoms with Crippen LogP contribution in [0.1, 0.15) is 24.5 Å². The van der Waals surface area contributed by atoms with Crippen LogP contribution in [-0.2, 0) is 0 Å². The highest BCUT2D eigenvalue weighted by Gasteiger charge is 2.26. The van der Waals surface area contributed by atoms with Gasteiger partial charge >= 0.3 is 0 Å². The third-order valence-electron chi connectivity index (χ3n) is 3.60. The zero-order valence-electron chi connectivity index (χ0n) is 10.9. The first-order chi connectivity index (χ1) is 10.4. The summed E-state index contributed by atoms with van der Waals surface area (Å²) in [7, 11) is 0. The van der Waals surface area contributed by atoms with Crippen molar-refractivity contribution in [1.29, 1.82) is 0 Å². The van der Waals surface area contributed by atoms with Gasteiger partial charge in [-0.15, -0.1) is 10.2 Å². The summed E-state index contributed by atoms with van der Waals surface area (Å²) < 4.78 is 1.80. The van der Waals surface area contributed by atoms with E-state index in [1.807, 2.05) is 11.4 Å². The summed E-state index contributed by atoms with van der Waals surface area (Å²) in [6, 6.07) is 4.13. The van der Waals surface area contributed by atoms with Crippen LogP contribution in [-0.4, -0.2) is 30.0 Å². The predicted octanol–water partition coefficient (Wildman–Crippen LogP) is 3.18. The molecule has 4 aromatic heterocycles. The Morgan fingerprint density at radius 2 is 2.24 bits per heavy atom. The van der Waals surface area contributed by atoms with E-state index >= 15 is 0 Å². The summed E-state index contributed by atoms with van der Waals surface area (Å²) in [4.78, 5) is 0.794. The molecule has 0 bridgehead atoms. The van der Waals surface area contributed by atoms with Gasteiger partial charge in [-0.2, -0.15) is 26.0 Å². The smallest absolute Gasteiger partial charge is 0.235 e. The summed E-state index contributed by atoms with van der Waals surface area (Å²) in [5, 5.41) is 25.5. The van der Waals surface area contributed by atoms with E-state index in [4.69, 9.17) is 0 Å². The van der Waals surface area contributed by atoms with Crippen LogP contribution in [0.5, 0.6) is 0 Å². The Balaban J connectivity index is 1.60. The number of H-pyrrole nitrogens is 1. The van der Waals surface area contributed by atoms with Crippen LogP contribution in [0.15, 0.2) is 22.9 Å². The molecule has 1 N–H and O–H groups in total. The van der Waals surface area contributed by atoms with Gasteiger partial charge in [-0.1, -0.05) is 11.3 Å². The van der Waals surface area contributed by atoms with Crippen molar-refractivity contribution in [2.45, 2.75) is 18.8 Å². The van der Waals surface area contributed by atoms with Crippen LogP contribution in [0.2, 0.25) is 0 Å². The molecule has 4 heterocycles. The van der Waals surface area contributed by atoms with E-state index in [0.717, 1.165) is 27.1 Å². The van der Waals surface area contributed by atoms with Crippen LogP contribution < -0.4 is 0 Å². The molecule has 0 spiro atoms. The van der Waals surface area contributed by atoms with Gasteiger partial charge in [-0.3, -0.25) is 5.10 Å². The molecule has 4 aromatic rings. The number of nitrogens with zero attached hydrogens (tertiary/aromatic N) is 5. The van der Waals surface area contributed by atoms with E-state index in [2.05, 4.69) is 36.9 Å². The largest absolute Gasteiger partial charge is 0.282 e. The maximum atomic E-state index is 4.62. The van der Waals surface area contributed by atoms with Crippen LogP contribution in [0, 0.1) is 0 Å². The molecule has 0 radical (unpaired) electrons. The quantitative estimate of drug-likeness (QED) is 0.630. The van der Waals surface area contributed by atoms with Crippen LogP contribution >= 0.6 is 22.7 Å². The SMILES string of the molecule is c1cc(-c2nnc3sc(-c4cc(C5CC5)[nH]n4)nn23)cs1. The molecule has 0 aliphatic heterocycles. The number of aromatic amines is 1. The highest BCUT2D eigenvalue weighted by atomic mass is 32.1. The second kappa shape index (κ2) is 4.22. The molecule has 1 fully saturated rings. The number of rotatable bonds is 3. The van der Waals surface area contributed by atoms with Crippen molar-refractivity contribution < 1.29 is 0 Å². The first-order valence-corrected chi connectivity index (χ1v) is 8.45. The van der Waals surface area contributed by atoms with E-state index in [1.54, 1.807) is 15.9 Å². The summed E-state index contributed by atoms with van der Waals surface area (Å²) in [6.07, 6.45) is 2.52. The van der Waals surface area contributed by atoms with Gasteiger partial charge in [0.15, 0.2) is 10.8 Å². The summed E-state index contributed by atoms with van der Waals surface area (Å²) in [5.74, 6) is 1.45. The van der Waals surface area contributed by atoms with Gasteiger partial charge in [0, 0.05) is 22.6 Å². The fraction of sp³-hybridized carbons (Fsp3) is 0.231. The third kappa shape index (κ3) is 1.83. The van der Waals surface area contributed by atoms with Gasteiger partial charge in [-0.25, -0.2) is 0 Å². The average molecular weight is 314 g/mol. The van der Waals surface area contributed by atoms with Crippen LogP contribution in [0.4, 0.5) is 0 Å². The van der Waals surface area contributed by atoms with Crippen LogP contribution in [0.25, 0.3) is 27.1 Å². The Morgan fingerprint density at radius 1 is 1.29 bits per heavy atom. The fourth-order valence-corrected chi connectivity index (χ4v) is 3.78. The zero-order valence-corrected chi connectivity index (χ0v) is 12.5. The first kappa shape index (κ1) is 11.6. The van der Waals surface area contributed by atoms with Gasteiger partial charge < -0.3 is 0 Å². The Morgan fingerprint density at radius 3 is 3.05 bits per heavy atom. The molecule has 5 rings (SSSR count). The van der Waals surface area contributed by atoms with Crippen molar-refractivity contribution in [1.82, 2.24) is 30.0 Å². The monoisotopic (exact) mass is 314 g/mol. The maximum absolute atomic E-state index is 4.62. The topological polar surface area (TPSA) is 71.8 Å². The van der Waals surface area contributed by atoms with Gasteiger partial charge in [-0.05, 0) is 30.4 Å². The minimum Gasteiger partial charge on any atom is -0.282 e. The molecule has 8 heteroatoms. The van der Waals surface area contributed by atoms with Crippen molar-refractivity contribution >= 4 is 27.6 Å². The van der Waals surface area contributed by atoms with Gasteiger partial charge in [0.05, 0.1) is 0 Å². The number of hydrogen-bond acceptors (Lipinski definition) is 6. The lowest BCUT2D eigenvalue weighted by atomic mass is 10.3. The standard InChI is InChI=1S/C13H10N6S2/c1-2-7(1)9-5-10(15-14-9)12-18-19-11(8-3-4-20-6-8)16-17-13(19)21-12/h3-7H,1-2H2,(H,14,15). The number of nitrogens with one attached hydrogen (secondary N) is 1. The number of thiophene rings is 1. The summed E-state index contributed by atoms with van der Waals surface area (Å²) in [5.41, 5.74) is 3.16. The van der Waals surface area contributed by atoms with E-state index in [0.29, 0.717) is 5.92 Å². The third-order valence-corrected chi connectivity index (χ3v) is 5.21. The second-order valence-electron chi connectivity index (χ2n) is 5.12. The van der Waals surface area contributed by atoms with Crippen LogP contribution in [0.3, 0.4) is 0 Å². The molecule has 0 aromatic carbocycles. The molecular weight excluding hydrogens is 304 g/mol. The van der Waals surface area contributed by atoms with Crippen molar-refractivity contribution in [2.24, 2.45) is 0 Å². The zero-order chi connectivity index (χ0) is 13.8. The predicted molar refractivity (Wildman–Crippen MR) is 81.5 cm³/mol. The Hall–Kier alpha value is -2.06. The van der Waals surface area contributed by atoms with E-state index in [-0.39, 0.29) is 0 Å². The lowest BCUT2D eigenvalue weighted by molar-refractivity contribution is 0.952. The molecule has 0 unspecified atom stereocenters. The average Bonchev–Trinajstić information content (AvgIpc) is 2.98. The Labute approximate surface area is 127 Å². The van der Waals surface area contributed by atoms with Crippen molar-refractivity contribution in [3.8, 4) is 22.1 Å². The molecular formula is C13H10N6S2. The Kier molecular flexibility index (Phi) is 2.33. The van der Waals surface area contributed by atoms with Gasteiger partial charge in [0.2, 0.25) is 4.96 Å². The molecule has 1 saturated carbocycles. The normalized spacial score (nSPS) is 15.0.